The molecule has 2 aromatic rings. The Morgan fingerprint density at radius 3 is 1.91 bits per heavy atom. The van der Waals surface area contributed by atoms with Crippen LogP contribution >= 0.6 is 0 Å². The minimum Gasteiger partial charge on any atom is -0.457 e. The fourth-order valence-electron chi connectivity index (χ4n) is 3.94. The molecule has 0 radical (unpaired) electrons. The first-order valence-corrected chi connectivity index (χ1v) is 8.50. The van der Waals surface area contributed by atoms with Crippen molar-refractivity contribution in [3.05, 3.63) is 59.7 Å². The topological polar surface area (TPSA) is 15.7 Å². The molecule has 1 fully saturated rings. The summed E-state index contributed by atoms with van der Waals surface area (Å²) in [5, 5.41) is 0. The molecule has 120 valence electrons. The largest absolute Gasteiger partial charge is 0.457 e. The predicted octanol–water partition coefficient (Wildman–Crippen LogP) is 3.91. The van der Waals surface area contributed by atoms with Crippen LogP contribution in [0.5, 0.6) is 11.5 Å². The Morgan fingerprint density at radius 1 is 0.870 bits per heavy atom. The van der Waals surface area contributed by atoms with Gasteiger partial charge in [-0.2, -0.15) is 0 Å². The molecule has 3 nitrogen and oxygen atoms in total. The predicted molar refractivity (Wildman–Crippen MR) is 93.1 cm³/mol. The number of para-hydroxylation sites is 2. The van der Waals surface area contributed by atoms with Crippen molar-refractivity contribution < 1.29 is 4.74 Å². The number of benzene rings is 2. The molecule has 2 aliphatic heterocycles. The Morgan fingerprint density at radius 2 is 1.39 bits per heavy atom. The van der Waals surface area contributed by atoms with E-state index in [0.717, 1.165) is 24.6 Å². The van der Waals surface area contributed by atoms with Gasteiger partial charge < -0.3 is 9.64 Å². The van der Waals surface area contributed by atoms with Crippen molar-refractivity contribution in [3.63, 3.8) is 0 Å². The lowest BCUT2D eigenvalue weighted by Gasteiger charge is -2.42. The molecule has 0 aromatic heterocycles. The minimum atomic E-state index is 0.319. The quantitative estimate of drug-likeness (QED) is 0.836. The van der Waals surface area contributed by atoms with Gasteiger partial charge in [0, 0.05) is 30.3 Å². The van der Waals surface area contributed by atoms with Crippen LogP contribution in [0.4, 0.5) is 0 Å². The van der Waals surface area contributed by atoms with Gasteiger partial charge in [-0.05, 0) is 39.1 Å². The van der Waals surface area contributed by atoms with E-state index in [2.05, 4.69) is 72.4 Å². The van der Waals surface area contributed by atoms with Gasteiger partial charge in [-0.3, -0.25) is 4.90 Å². The summed E-state index contributed by atoms with van der Waals surface area (Å²) < 4.78 is 6.12. The molecule has 23 heavy (non-hydrogen) atoms. The standard InChI is InChI=1S/C20H24N2O/c1-21(2)15-11-13-22(14-12-15)20-16-7-3-5-9-18(16)23-19-10-6-4-8-17(19)20/h3-10,15,20H,11-14H2,1-2H3. The van der Waals surface area contributed by atoms with Crippen molar-refractivity contribution >= 4 is 0 Å². The molecule has 0 spiro atoms. The Balaban J connectivity index is 1.68. The summed E-state index contributed by atoms with van der Waals surface area (Å²) in [6, 6.07) is 18.0. The van der Waals surface area contributed by atoms with E-state index in [0.29, 0.717) is 12.1 Å². The average Bonchev–Trinajstić information content (AvgIpc) is 2.59. The van der Waals surface area contributed by atoms with Gasteiger partial charge in [-0.25, -0.2) is 0 Å². The maximum Gasteiger partial charge on any atom is 0.132 e. The van der Waals surface area contributed by atoms with E-state index in [1.165, 1.54) is 24.0 Å². The Kier molecular flexibility index (Phi) is 3.83. The number of hydrogen-bond donors (Lipinski definition) is 0. The van der Waals surface area contributed by atoms with E-state index in [9.17, 15) is 0 Å². The molecule has 0 aliphatic carbocycles. The number of piperidine rings is 1. The zero-order valence-electron chi connectivity index (χ0n) is 13.9. The van der Waals surface area contributed by atoms with Crippen LogP contribution in [0, 0.1) is 0 Å². The highest BCUT2D eigenvalue weighted by atomic mass is 16.5. The fraction of sp³-hybridized carbons (Fsp3) is 0.400. The maximum atomic E-state index is 6.12. The summed E-state index contributed by atoms with van der Waals surface area (Å²) in [4.78, 5) is 4.99. The highest BCUT2D eigenvalue weighted by Crippen LogP contribution is 2.46. The molecule has 2 heterocycles. The van der Waals surface area contributed by atoms with E-state index < -0.39 is 0 Å². The summed E-state index contributed by atoms with van der Waals surface area (Å²) in [5.41, 5.74) is 2.60. The molecule has 4 rings (SSSR count). The third kappa shape index (κ3) is 2.64. The molecule has 1 saturated heterocycles. The maximum absolute atomic E-state index is 6.12. The first-order chi connectivity index (χ1) is 11.2. The van der Waals surface area contributed by atoms with Crippen molar-refractivity contribution in [1.82, 2.24) is 9.80 Å². The summed E-state index contributed by atoms with van der Waals surface area (Å²) in [6.07, 6.45) is 2.46. The lowest BCUT2D eigenvalue weighted by Crippen LogP contribution is -2.44. The highest BCUT2D eigenvalue weighted by molar-refractivity contribution is 5.53. The number of hydrogen-bond acceptors (Lipinski definition) is 3. The second-order valence-corrected chi connectivity index (χ2v) is 6.81. The monoisotopic (exact) mass is 308 g/mol. The van der Waals surface area contributed by atoms with E-state index in [1.807, 2.05) is 0 Å². The lowest BCUT2D eigenvalue weighted by atomic mass is 9.91. The number of nitrogens with zero attached hydrogens (tertiary/aromatic N) is 2. The summed E-state index contributed by atoms with van der Waals surface area (Å²) >= 11 is 0. The van der Waals surface area contributed by atoms with Gasteiger partial charge in [0.1, 0.15) is 11.5 Å². The van der Waals surface area contributed by atoms with E-state index in [1.54, 1.807) is 0 Å². The van der Waals surface area contributed by atoms with Crippen LogP contribution in [0.3, 0.4) is 0 Å². The van der Waals surface area contributed by atoms with Crippen molar-refractivity contribution in [2.24, 2.45) is 0 Å². The summed E-state index contributed by atoms with van der Waals surface area (Å²) in [5.74, 6) is 2.01. The van der Waals surface area contributed by atoms with Crippen LogP contribution < -0.4 is 4.74 Å². The minimum absolute atomic E-state index is 0.319. The second kappa shape index (κ2) is 5.99. The molecule has 2 aromatic carbocycles. The van der Waals surface area contributed by atoms with Crippen LogP contribution in [0.2, 0.25) is 0 Å². The molecule has 0 amide bonds. The number of fused-ring (bicyclic) bond motifs is 2. The third-order valence-corrected chi connectivity index (χ3v) is 5.24. The van der Waals surface area contributed by atoms with Crippen molar-refractivity contribution in [1.29, 1.82) is 0 Å². The fourth-order valence-corrected chi connectivity index (χ4v) is 3.94. The Hall–Kier alpha value is -1.84. The summed E-state index contributed by atoms with van der Waals surface area (Å²) in [6.45, 7) is 2.27. The van der Waals surface area contributed by atoms with E-state index >= 15 is 0 Å². The molecule has 0 bridgehead atoms. The second-order valence-electron chi connectivity index (χ2n) is 6.81. The van der Waals surface area contributed by atoms with Gasteiger partial charge in [0.25, 0.3) is 0 Å². The first-order valence-electron chi connectivity index (χ1n) is 8.50. The normalized spacial score (nSPS) is 19.3. The van der Waals surface area contributed by atoms with E-state index in [4.69, 9.17) is 4.74 Å². The number of rotatable bonds is 2. The number of likely N-dealkylation sites (tertiary alicyclic amines) is 1. The number of ether oxygens (including phenoxy) is 1. The van der Waals surface area contributed by atoms with Gasteiger partial charge >= 0.3 is 0 Å². The molecular formula is C20H24N2O. The van der Waals surface area contributed by atoms with Crippen LogP contribution in [0.1, 0.15) is 30.0 Å². The molecular weight excluding hydrogens is 284 g/mol. The van der Waals surface area contributed by atoms with Crippen molar-refractivity contribution in [2.45, 2.75) is 24.9 Å². The molecule has 0 N–H and O–H groups in total. The van der Waals surface area contributed by atoms with Crippen molar-refractivity contribution in [2.75, 3.05) is 27.2 Å². The van der Waals surface area contributed by atoms with Crippen LogP contribution in [0.15, 0.2) is 48.5 Å². The molecule has 0 atom stereocenters. The zero-order valence-corrected chi connectivity index (χ0v) is 13.9. The van der Waals surface area contributed by atoms with Gasteiger partial charge in [-0.1, -0.05) is 36.4 Å². The van der Waals surface area contributed by atoms with Gasteiger partial charge in [0.05, 0.1) is 6.04 Å². The van der Waals surface area contributed by atoms with E-state index in [-0.39, 0.29) is 0 Å². The van der Waals surface area contributed by atoms with Crippen LogP contribution in [0.25, 0.3) is 0 Å². The first kappa shape index (κ1) is 14.7. The molecule has 3 heteroatoms. The zero-order chi connectivity index (χ0) is 15.8. The van der Waals surface area contributed by atoms with Crippen LogP contribution in [-0.4, -0.2) is 43.0 Å². The highest BCUT2D eigenvalue weighted by Gasteiger charge is 2.33. The third-order valence-electron chi connectivity index (χ3n) is 5.24. The van der Waals surface area contributed by atoms with Gasteiger partial charge in [-0.15, -0.1) is 0 Å². The molecule has 2 aliphatic rings. The smallest absolute Gasteiger partial charge is 0.132 e. The SMILES string of the molecule is CN(C)C1CCN(C2c3ccccc3Oc3ccccc32)CC1. The van der Waals surface area contributed by atoms with Gasteiger partial charge in [0.15, 0.2) is 0 Å². The molecule has 0 unspecified atom stereocenters. The average molecular weight is 308 g/mol. The lowest BCUT2D eigenvalue weighted by molar-refractivity contribution is 0.118. The molecule has 0 saturated carbocycles. The van der Waals surface area contributed by atoms with Crippen molar-refractivity contribution in [3.8, 4) is 11.5 Å². The summed E-state index contributed by atoms with van der Waals surface area (Å²) in [7, 11) is 4.39. The Labute approximate surface area is 138 Å². The van der Waals surface area contributed by atoms with Crippen LogP contribution in [-0.2, 0) is 0 Å². The Bertz CT molecular complexity index is 644. The van der Waals surface area contributed by atoms with Gasteiger partial charge in [0.2, 0.25) is 0 Å².